The number of hydrogen-bond acceptors (Lipinski definition) is 7. The summed E-state index contributed by atoms with van der Waals surface area (Å²) in [6.07, 6.45) is 10.6. The first-order chi connectivity index (χ1) is 14.8. The van der Waals surface area contributed by atoms with Gasteiger partial charge in [-0.1, -0.05) is 0 Å². The lowest BCUT2D eigenvalue weighted by Crippen LogP contribution is -2.36. The van der Waals surface area contributed by atoms with Crippen molar-refractivity contribution in [2.45, 2.75) is 44.6 Å². The Morgan fingerprint density at radius 2 is 2.00 bits per heavy atom. The number of aryl methyl sites for hydroxylation is 1. The number of fused-ring (bicyclic) bond motifs is 1. The molecule has 0 saturated carbocycles. The summed E-state index contributed by atoms with van der Waals surface area (Å²) in [6, 6.07) is 5.64. The topological polar surface area (TPSA) is 99.7 Å². The summed E-state index contributed by atoms with van der Waals surface area (Å²) in [7, 11) is 0. The van der Waals surface area contributed by atoms with Gasteiger partial charge in [0.1, 0.15) is 11.6 Å². The van der Waals surface area contributed by atoms with Gasteiger partial charge in [0.05, 0.1) is 12.2 Å². The first kappa shape index (κ1) is 18.7. The normalized spacial score (nSPS) is 18.3. The summed E-state index contributed by atoms with van der Waals surface area (Å²) < 4.78 is 0. The van der Waals surface area contributed by atoms with E-state index in [0.717, 1.165) is 56.2 Å². The molecular weight excluding hydrogens is 378 g/mol. The Morgan fingerprint density at radius 1 is 1.10 bits per heavy atom. The molecule has 4 heterocycles. The van der Waals surface area contributed by atoms with Crippen LogP contribution < -0.4 is 15.8 Å². The average molecular weight is 403 g/mol. The summed E-state index contributed by atoms with van der Waals surface area (Å²) in [5.74, 6) is 2.73. The average Bonchev–Trinajstić information content (AvgIpc) is 3.27. The van der Waals surface area contributed by atoms with E-state index in [1.165, 1.54) is 29.8 Å². The van der Waals surface area contributed by atoms with E-state index in [9.17, 15) is 4.79 Å². The lowest BCUT2D eigenvalue weighted by atomic mass is 9.91. The van der Waals surface area contributed by atoms with Crippen molar-refractivity contribution in [3.8, 4) is 0 Å². The smallest absolute Gasteiger partial charge is 0.250 e. The minimum Gasteiger partial charge on any atom is -0.362 e. The number of piperidine rings is 1. The summed E-state index contributed by atoms with van der Waals surface area (Å²) in [4.78, 5) is 34.8. The van der Waals surface area contributed by atoms with E-state index in [1.807, 2.05) is 12.4 Å². The van der Waals surface area contributed by atoms with Gasteiger partial charge in [0.15, 0.2) is 0 Å². The number of aromatic amines is 1. The van der Waals surface area contributed by atoms with Gasteiger partial charge in [0.2, 0.25) is 5.95 Å². The number of hydrogen-bond donors (Lipinski definition) is 2. The van der Waals surface area contributed by atoms with Crippen molar-refractivity contribution >= 4 is 11.8 Å². The predicted octanol–water partition coefficient (Wildman–Crippen LogP) is 2.44. The largest absolute Gasteiger partial charge is 0.362 e. The lowest BCUT2D eigenvalue weighted by molar-refractivity contribution is 0.503. The monoisotopic (exact) mass is 403 g/mol. The Bertz CT molecular complexity index is 1080. The molecule has 30 heavy (non-hydrogen) atoms. The molecule has 0 spiro atoms. The molecule has 5 rings (SSSR count). The van der Waals surface area contributed by atoms with Crippen LogP contribution >= 0.6 is 0 Å². The van der Waals surface area contributed by atoms with Crippen LogP contribution in [0.2, 0.25) is 0 Å². The molecule has 154 valence electrons. The third kappa shape index (κ3) is 3.90. The van der Waals surface area contributed by atoms with Crippen molar-refractivity contribution < 1.29 is 0 Å². The molecule has 2 aliphatic rings. The van der Waals surface area contributed by atoms with Crippen LogP contribution in [0.5, 0.6) is 0 Å². The minimum absolute atomic E-state index is 0.147. The molecule has 0 radical (unpaired) electrons. The SMILES string of the molecule is O=c1ccnc(CNc2nc(N3CCCC(c4ccncc4)C3)nc3c2CCC3)[nH]1. The molecule has 1 atom stereocenters. The zero-order valence-corrected chi connectivity index (χ0v) is 16.8. The molecular formula is C22H25N7O. The number of nitrogens with one attached hydrogen (secondary N) is 2. The molecule has 0 aromatic carbocycles. The van der Waals surface area contributed by atoms with Gasteiger partial charge < -0.3 is 15.2 Å². The Labute approximate surface area is 174 Å². The van der Waals surface area contributed by atoms with Gasteiger partial charge >= 0.3 is 0 Å². The zero-order chi connectivity index (χ0) is 20.3. The van der Waals surface area contributed by atoms with E-state index < -0.39 is 0 Å². The van der Waals surface area contributed by atoms with Crippen molar-refractivity contribution in [1.82, 2.24) is 24.9 Å². The van der Waals surface area contributed by atoms with E-state index in [-0.39, 0.29) is 5.56 Å². The number of rotatable bonds is 5. The van der Waals surface area contributed by atoms with Crippen molar-refractivity contribution in [3.05, 3.63) is 69.8 Å². The Kier molecular flexibility index (Phi) is 5.13. The van der Waals surface area contributed by atoms with Crippen LogP contribution in [0.15, 0.2) is 41.6 Å². The number of aromatic nitrogens is 5. The van der Waals surface area contributed by atoms with E-state index in [4.69, 9.17) is 9.97 Å². The van der Waals surface area contributed by atoms with Crippen LogP contribution in [0.3, 0.4) is 0 Å². The molecule has 1 fully saturated rings. The number of H-pyrrole nitrogens is 1. The molecule has 1 aliphatic heterocycles. The third-order valence-corrected chi connectivity index (χ3v) is 5.95. The fourth-order valence-electron chi connectivity index (χ4n) is 4.44. The third-order valence-electron chi connectivity index (χ3n) is 5.95. The van der Waals surface area contributed by atoms with Crippen molar-refractivity contribution in [1.29, 1.82) is 0 Å². The Hall–Kier alpha value is -3.29. The zero-order valence-electron chi connectivity index (χ0n) is 16.8. The molecule has 2 N–H and O–H groups in total. The molecule has 0 amide bonds. The number of nitrogens with zero attached hydrogens (tertiary/aromatic N) is 5. The molecule has 8 heteroatoms. The fraction of sp³-hybridized carbons (Fsp3) is 0.409. The maximum atomic E-state index is 11.5. The van der Waals surface area contributed by atoms with Crippen LogP contribution in [0, 0.1) is 0 Å². The lowest BCUT2D eigenvalue weighted by Gasteiger charge is -2.33. The molecule has 1 saturated heterocycles. The number of pyridine rings is 1. The summed E-state index contributed by atoms with van der Waals surface area (Å²) in [5, 5.41) is 3.39. The van der Waals surface area contributed by atoms with E-state index in [0.29, 0.717) is 18.3 Å². The van der Waals surface area contributed by atoms with Gasteiger partial charge in [-0.3, -0.25) is 9.78 Å². The van der Waals surface area contributed by atoms with Crippen LogP contribution in [0.4, 0.5) is 11.8 Å². The fourth-order valence-corrected chi connectivity index (χ4v) is 4.44. The summed E-state index contributed by atoms with van der Waals surface area (Å²) in [6.45, 7) is 2.31. The standard InChI is InChI=1S/C22H25N7O/c30-20-8-11-24-19(27-20)13-25-21-17-4-1-5-18(17)26-22(28-21)29-12-2-3-16(14-29)15-6-9-23-10-7-15/h6-11,16H,1-5,12-14H2,(H,24,27,30)(H,25,26,28). The summed E-state index contributed by atoms with van der Waals surface area (Å²) in [5.41, 5.74) is 3.52. The van der Waals surface area contributed by atoms with E-state index >= 15 is 0 Å². The van der Waals surface area contributed by atoms with Gasteiger partial charge in [0, 0.05) is 49.2 Å². The van der Waals surface area contributed by atoms with E-state index in [2.05, 4.69) is 37.3 Å². The highest BCUT2D eigenvalue weighted by atomic mass is 16.1. The van der Waals surface area contributed by atoms with Crippen LogP contribution in [0.1, 0.15) is 47.8 Å². The molecule has 0 bridgehead atoms. The predicted molar refractivity (Wildman–Crippen MR) is 115 cm³/mol. The van der Waals surface area contributed by atoms with Crippen LogP contribution in [0.25, 0.3) is 0 Å². The highest BCUT2D eigenvalue weighted by Crippen LogP contribution is 2.32. The first-order valence-corrected chi connectivity index (χ1v) is 10.6. The maximum Gasteiger partial charge on any atom is 0.250 e. The highest BCUT2D eigenvalue weighted by molar-refractivity contribution is 5.53. The van der Waals surface area contributed by atoms with Crippen molar-refractivity contribution in [2.24, 2.45) is 0 Å². The van der Waals surface area contributed by atoms with E-state index in [1.54, 1.807) is 0 Å². The van der Waals surface area contributed by atoms with Gasteiger partial charge in [-0.15, -0.1) is 0 Å². The van der Waals surface area contributed by atoms with Gasteiger partial charge in [0.25, 0.3) is 5.56 Å². The molecule has 3 aromatic rings. The highest BCUT2D eigenvalue weighted by Gasteiger charge is 2.26. The Balaban J connectivity index is 1.39. The number of anilines is 2. The van der Waals surface area contributed by atoms with Gasteiger partial charge in [-0.05, 0) is 49.8 Å². The van der Waals surface area contributed by atoms with Gasteiger partial charge in [-0.25, -0.2) is 9.97 Å². The maximum absolute atomic E-state index is 11.5. The molecule has 8 nitrogen and oxygen atoms in total. The molecule has 3 aromatic heterocycles. The molecule has 1 unspecified atom stereocenters. The second-order valence-corrected chi connectivity index (χ2v) is 7.95. The first-order valence-electron chi connectivity index (χ1n) is 10.6. The second-order valence-electron chi connectivity index (χ2n) is 7.95. The second kappa shape index (κ2) is 8.22. The quantitative estimate of drug-likeness (QED) is 0.675. The van der Waals surface area contributed by atoms with Gasteiger partial charge in [-0.2, -0.15) is 4.98 Å². The van der Waals surface area contributed by atoms with Crippen LogP contribution in [-0.2, 0) is 19.4 Å². The Morgan fingerprint density at radius 3 is 2.87 bits per heavy atom. The van der Waals surface area contributed by atoms with Crippen molar-refractivity contribution in [2.75, 3.05) is 23.3 Å². The molecule has 1 aliphatic carbocycles. The van der Waals surface area contributed by atoms with Crippen LogP contribution in [-0.4, -0.2) is 38.0 Å². The van der Waals surface area contributed by atoms with Crippen molar-refractivity contribution in [3.63, 3.8) is 0 Å². The minimum atomic E-state index is -0.147. The summed E-state index contributed by atoms with van der Waals surface area (Å²) >= 11 is 0.